The number of nitrogens with zero attached hydrogens (tertiary/aromatic N) is 3. The molecule has 0 aliphatic rings. The van der Waals surface area contributed by atoms with Gasteiger partial charge in [0, 0.05) is 18.0 Å². The number of hydrogen-bond donors (Lipinski definition) is 0. The minimum atomic E-state index is 0.692. The van der Waals surface area contributed by atoms with Crippen LogP contribution in [0.3, 0.4) is 0 Å². The largest absolute Gasteiger partial charge is 0.497 e. The second-order valence-corrected chi connectivity index (χ2v) is 4.38. The monoisotopic (exact) mass is 261 g/mol. The molecule has 0 aliphatic heterocycles. The Labute approximate surface area is 109 Å². The van der Waals surface area contributed by atoms with Gasteiger partial charge in [-0.05, 0) is 19.1 Å². The molecule has 3 rings (SSSR count). The number of ether oxygens (including phenoxy) is 1. The highest BCUT2D eigenvalue weighted by Gasteiger charge is 2.11. The molecule has 18 heavy (non-hydrogen) atoms. The summed E-state index contributed by atoms with van der Waals surface area (Å²) in [5.74, 6) is 0.771. The van der Waals surface area contributed by atoms with Crippen LogP contribution >= 0.6 is 11.6 Å². The Morgan fingerprint density at radius 1 is 1.33 bits per heavy atom. The number of hydrogen-bond acceptors (Lipinski definition) is 3. The van der Waals surface area contributed by atoms with Gasteiger partial charge < -0.3 is 4.74 Å². The van der Waals surface area contributed by atoms with Gasteiger partial charge >= 0.3 is 0 Å². The Hall–Kier alpha value is -1.81. The van der Waals surface area contributed by atoms with E-state index in [0.29, 0.717) is 5.02 Å². The van der Waals surface area contributed by atoms with Gasteiger partial charge in [0.2, 0.25) is 0 Å². The second kappa shape index (κ2) is 4.14. The third-order valence-corrected chi connectivity index (χ3v) is 3.42. The van der Waals surface area contributed by atoms with Gasteiger partial charge in [0.15, 0.2) is 5.65 Å². The Morgan fingerprint density at radius 3 is 2.89 bits per heavy atom. The number of benzene rings is 1. The van der Waals surface area contributed by atoms with E-state index in [2.05, 4.69) is 10.1 Å². The van der Waals surface area contributed by atoms with Crippen molar-refractivity contribution in [1.29, 1.82) is 0 Å². The first-order valence-electron chi connectivity index (χ1n) is 5.73. The minimum absolute atomic E-state index is 0.692. The van der Waals surface area contributed by atoms with Crippen LogP contribution in [0.2, 0.25) is 5.02 Å². The van der Waals surface area contributed by atoms with E-state index in [1.807, 2.05) is 29.8 Å². The lowest BCUT2D eigenvalue weighted by Crippen LogP contribution is -1.97. The van der Waals surface area contributed by atoms with Crippen molar-refractivity contribution < 1.29 is 4.74 Å². The van der Waals surface area contributed by atoms with Crippen LogP contribution in [0.15, 0.2) is 24.4 Å². The Balaban J connectivity index is 2.42. The molecule has 3 aromatic rings. The first-order valence-corrected chi connectivity index (χ1v) is 6.11. The topological polar surface area (TPSA) is 39.9 Å². The van der Waals surface area contributed by atoms with Gasteiger partial charge in [0.25, 0.3) is 0 Å². The van der Waals surface area contributed by atoms with Crippen LogP contribution in [-0.4, -0.2) is 21.9 Å². The Morgan fingerprint density at radius 2 is 2.17 bits per heavy atom. The molecule has 2 aromatic heterocycles. The quantitative estimate of drug-likeness (QED) is 0.711. The highest BCUT2D eigenvalue weighted by Crippen LogP contribution is 2.31. The molecular weight excluding hydrogens is 250 g/mol. The molecule has 0 radical (unpaired) electrons. The van der Waals surface area contributed by atoms with E-state index in [-0.39, 0.29) is 0 Å². The molecule has 0 atom stereocenters. The van der Waals surface area contributed by atoms with Gasteiger partial charge in [-0.1, -0.05) is 11.6 Å². The lowest BCUT2D eigenvalue weighted by molar-refractivity contribution is 0.415. The molecule has 2 heterocycles. The molecule has 92 valence electrons. The van der Waals surface area contributed by atoms with Crippen LogP contribution < -0.4 is 4.74 Å². The van der Waals surface area contributed by atoms with Crippen LogP contribution in [0, 0.1) is 0 Å². The number of halogens is 1. The molecular formula is C13H12ClN3O. The third-order valence-electron chi connectivity index (χ3n) is 3.02. The zero-order valence-corrected chi connectivity index (χ0v) is 10.9. The molecule has 0 saturated carbocycles. The van der Waals surface area contributed by atoms with Gasteiger partial charge in [-0.3, -0.25) is 0 Å². The normalized spacial score (nSPS) is 11.3. The summed E-state index contributed by atoms with van der Waals surface area (Å²) in [6.07, 6.45) is 1.76. The van der Waals surface area contributed by atoms with Gasteiger partial charge in [-0.25, -0.2) is 9.67 Å². The first-order chi connectivity index (χ1) is 8.74. The van der Waals surface area contributed by atoms with Crippen LogP contribution in [0.4, 0.5) is 0 Å². The van der Waals surface area contributed by atoms with Gasteiger partial charge in [-0.15, -0.1) is 0 Å². The molecule has 0 aliphatic carbocycles. The first kappa shape index (κ1) is 11.3. The lowest BCUT2D eigenvalue weighted by Gasteiger charge is -2.05. The van der Waals surface area contributed by atoms with Crippen LogP contribution in [0.1, 0.15) is 6.92 Å². The fourth-order valence-corrected chi connectivity index (χ4v) is 2.35. The van der Waals surface area contributed by atoms with Crippen molar-refractivity contribution in [2.45, 2.75) is 13.5 Å². The summed E-state index contributed by atoms with van der Waals surface area (Å²) in [5.41, 5.74) is 1.63. The van der Waals surface area contributed by atoms with Crippen LogP contribution in [-0.2, 0) is 6.54 Å². The SMILES string of the molecule is CCn1ncc2c(Cl)c3ccc(OC)cc3nc21. The fraction of sp³-hybridized carbons (Fsp3) is 0.231. The Bertz CT molecular complexity index is 736. The highest BCUT2D eigenvalue weighted by molar-refractivity contribution is 6.40. The maximum absolute atomic E-state index is 6.41. The van der Waals surface area contributed by atoms with E-state index in [4.69, 9.17) is 16.3 Å². The molecule has 0 bridgehead atoms. The van der Waals surface area contributed by atoms with E-state index in [1.165, 1.54) is 0 Å². The van der Waals surface area contributed by atoms with Crippen LogP contribution in [0.25, 0.3) is 21.9 Å². The van der Waals surface area contributed by atoms with Crippen molar-refractivity contribution in [3.63, 3.8) is 0 Å². The third kappa shape index (κ3) is 1.53. The second-order valence-electron chi connectivity index (χ2n) is 4.01. The average molecular weight is 262 g/mol. The van der Waals surface area contributed by atoms with Crippen molar-refractivity contribution in [3.05, 3.63) is 29.4 Å². The van der Waals surface area contributed by atoms with Gasteiger partial charge in [0.1, 0.15) is 5.75 Å². The molecule has 0 spiro atoms. The summed E-state index contributed by atoms with van der Waals surface area (Å²) in [7, 11) is 1.64. The maximum Gasteiger partial charge on any atom is 0.159 e. The fourth-order valence-electron chi connectivity index (χ4n) is 2.06. The number of pyridine rings is 1. The molecule has 0 N–H and O–H groups in total. The summed E-state index contributed by atoms with van der Waals surface area (Å²) >= 11 is 6.41. The average Bonchev–Trinajstić information content (AvgIpc) is 2.81. The lowest BCUT2D eigenvalue weighted by atomic mass is 10.2. The zero-order chi connectivity index (χ0) is 12.7. The smallest absolute Gasteiger partial charge is 0.159 e. The van der Waals surface area contributed by atoms with Crippen molar-refractivity contribution in [3.8, 4) is 5.75 Å². The number of aryl methyl sites for hydroxylation is 1. The van der Waals surface area contributed by atoms with Crippen molar-refractivity contribution in [2.75, 3.05) is 7.11 Å². The summed E-state index contributed by atoms with van der Waals surface area (Å²) < 4.78 is 7.04. The molecule has 0 saturated heterocycles. The molecule has 0 unspecified atom stereocenters. The van der Waals surface area contributed by atoms with E-state index in [0.717, 1.165) is 34.2 Å². The number of fused-ring (bicyclic) bond motifs is 2. The van der Waals surface area contributed by atoms with Crippen LogP contribution in [0.5, 0.6) is 5.75 Å². The van der Waals surface area contributed by atoms with Crippen molar-refractivity contribution in [1.82, 2.24) is 14.8 Å². The summed E-state index contributed by atoms with van der Waals surface area (Å²) in [5, 5.41) is 6.77. The van der Waals surface area contributed by atoms with Gasteiger partial charge in [0.05, 0.1) is 29.2 Å². The van der Waals surface area contributed by atoms with E-state index < -0.39 is 0 Å². The van der Waals surface area contributed by atoms with E-state index >= 15 is 0 Å². The molecule has 4 nitrogen and oxygen atoms in total. The summed E-state index contributed by atoms with van der Waals surface area (Å²) in [6.45, 7) is 2.79. The molecule has 1 aromatic carbocycles. The molecule has 5 heteroatoms. The van der Waals surface area contributed by atoms with E-state index in [9.17, 15) is 0 Å². The molecule has 0 fully saturated rings. The minimum Gasteiger partial charge on any atom is -0.497 e. The van der Waals surface area contributed by atoms with Crippen molar-refractivity contribution in [2.24, 2.45) is 0 Å². The van der Waals surface area contributed by atoms with E-state index in [1.54, 1.807) is 13.3 Å². The number of methoxy groups -OCH3 is 1. The highest BCUT2D eigenvalue weighted by atomic mass is 35.5. The van der Waals surface area contributed by atoms with Gasteiger partial charge in [-0.2, -0.15) is 5.10 Å². The number of rotatable bonds is 2. The van der Waals surface area contributed by atoms with Crippen molar-refractivity contribution >= 4 is 33.5 Å². The Kier molecular flexibility index (Phi) is 2.59. The molecule has 0 amide bonds. The summed E-state index contributed by atoms with van der Waals surface area (Å²) in [6, 6.07) is 5.69. The predicted octanol–water partition coefficient (Wildman–Crippen LogP) is 3.27. The predicted molar refractivity (Wildman–Crippen MR) is 72.3 cm³/mol. The summed E-state index contributed by atoms with van der Waals surface area (Å²) in [4.78, 5) is 4.61. The zero-order valence-electron chi connectivity index (χ0n) is 10.1. The standard InChI is InChI=1S/C13H12ClN3O/c1-3-17-13-10(7-15-17)12(14)9-5-4-8(18-2)6-11(9)16-13/h4-7H,3H2,1-2H3. The maximum atomic E-state index is 6.41. The number of aromatic nitrogens is 3.